The first kappa shape index (κ1) is 12.7. The molecular weight excluding hydrogens is 168 g/mol. The summed E-state index contributed by atoms with van der Waals surface area (Å²) in [4.78, 5) is 0. The number of hydrogen-bond donors (Lipinski definition) is 0. The monoisotopic (exact) mass is 188 g/mol. The van der Waals surface area contributed by atoms with Crippen molar-refractivity contribution >= 4 is 0 Å². The molecule has 0 saturated heterocycles. The first-order valence-corrected chi connectivity index (χ1v) is 5.12. The van der Waals surface area contributed by atoms with E-state index in [4.69, 9.17) is 0 Å². The van der Waals surface area contributed by atoms with Gasteiger partial charge in [-0.2, -0.15) is 0 Å². The van der Waals surface area contributed by atoms with E-state index < -0.39 is 0 Å². The summed E-state index contributed by atoms with van der Waals surface area (Å²) in [6.07, 6.45) is 7.11. The van der Waals surface area contributed by atoms with Gasteiger partial charge in [-0.15, -0.1) is 0 Å². The normalized spacial score (nSPS) is 8.36. The number of unbranched alkanes of at least 4 members (excludes halogenated alkanes) is 1. The summed E-state index contributed by atoms with van der Waals surface area (Å²) in [5, 5.41) is 0. The summed E-state index contributed by atoms with van der Waals surface area (Å²) < 4.78 is 0. The van der Waals surface area contributed by atoms with Gasteiger partial charge in [0, 0.05) is 0 Å². The Labute approximate surface area is 88.0 Å². The fraction of sp³-hybridized carbons (Fsp3) is 0.286. The minimum atomic E-state index is 1.23. The second-order valence-electron chi connectivity index (χ2n) is 3.06. The van der Waals surface area contributed by atoms with Crippen LogP contribution in [0.4, 0.5) is 0 Å². The van der Waals surface area contributed by atoms with Crippen molar-refractivity contribution in [1.29, 1.82) is 0 Å². The average molecular weight is 188 g/mol. The second-order valence-corrected chi connectivity index (χ2v) is 3.06. The van der Waals surface area contributed by atoms with Gasteiger partial charge in [-0.05, 0) is 18.4 Å². The molecule has 0 heterocycles. The van der Waals surface area contributed by atoms with Gasteiger partial charge >= 0.3 is 0 Å². The quantitative estimate of drug-likeness (QED) is 0.615. The van der Waals surface area contributed by atoms with Gasteiger partial charge < -0.3 is 0 Å². The smallest absolute Gasteiger partial charge is 0.0279 e. The molecule has 76 valence electrons. The Morgan fingerprint density at radius 2 is 1.64 bits per heavy atom. The van der Waals surface area contributed by atoms with Crippen LogP contribution in [0, 0.1) is 0 Å². The van der Waals surface area contributed by atoms with Gasteiger partial charge in [0.1, 0.15) is 0 Å². The molecule has 0 aliphatic carbocycles. The van der Waals surface area contributed by atoms with Crippen molar-refractivity contribution in [2.75, 3.05) is 0 Å². The molecule has 0 saturated carbocycles. The van der Waals surface area contributed by atoms with Crippen molar-refractivity contribution < 1.29 is 0 Å². The van der Waals surface area contributed by atoms with Gasteiger partial charge in [-0.3, -0.25) is 0 Å². The zero-order valence-corrected chi connectivity index (χ0v) is 9.08. The summed E-state index contributed by atoms with van der Waals surface area (Å²) >= 11 is 0. The van der Waals surface area contributed by atoms with Crippen LogP contribution < -0.4 is 0 Å². The standard InChI is InChI=1S/C10H14.C4H6/c1-2-3-7-10-8-5-4-6-9-10;1-3-4-2/h4-6,8-9H,2-3,7H2,1H3;3-4H,1-2H2. The lowest BCUT2D eigenvalue weighted by Crippen LogP contribution is -1.81. The lowest BCUT2D eigenvalue weighted by molar-refractivity contribution is 0.795. The first-order valence-electron chi connectivity index (χ1n) is 5.12. The fourth-order valence-corrected chi connectivity index (χ4v) is 1.03. The van der Waals surface area contributed by atoms with Gasteiger partial charge in [-0.1, -0.05) is 69.0 Å². The van der Waals surface area contributed by atoms with Crippen LogP contribution in [0.3, 0.4) is 0 Å². The molecule has 0 heteroatoms. The van der Waals surface area contributed by atoms with Crippen LogP contribution in [0.2, 0.25) is 0 Å². The molecule has 0 aliphatic rings. The van der Waals surface area contributed by atoms with Crippen LogP contribution in [0.5, 0.6) is 0 Å². The maximum atomic E-state index is 3.36. The van der Waals surface area contributed by atoms with E-state index in [2.05, 4.69) is 50.4 Å². The lowest BCUT2D eigenvalue weighted by atomic mass is 10.1. The third kappa shape index (κ3) is 7.35. The van der Waals surface area contributed by atoms with E-state index in [1.807, 2.05) is 0 Å². The van der Waals surface area contributed by atoms with Gasteiger partial charge in [0.25, 0.3) is 0 Å². The molecule has 1 aromatic carbocycles. The minimum Gasteiger partial charge on any atom is -0.0991 e. The largest absolute Gasteiger partial charge is 0.0991 e. The number of hydrogen-bond acceptors (Lipinski definition) is 0. The molecule has 0 aliphatic heterocycles. The fourth-order valence-electron chi connectivity index (χ4n) is 1.03. The second kappa shape index (κ2) is 9.79. The molecule has 0 unspecified atom stereocenters. The molecule has 0 fully saturated rings. The van der Waals surface area contributed by atoms with E-state index in [-0.39, 0.29) is 0 Å². The molecular formula is C14H20. The molecule has 1 rings (SSSR count). The highest BCUT2D eigenvalue weighted by molar-refractivity contribution is 5.14. The zero-order chi connectivity index (χ0) is 10.6. The van der Waals surface area contributed by atoms with Gasteiger partial charge in [0.05, 0.1) is 0 Å². The van der Waals surface area contributed by atoms with Crippen LogP contribution in [-0.4, -0.2) is 0 Å². The van der Waals surface area contributed by atoms with E-state index >= 15 is 0 Å². The van der Waals surface area contributed by atoms with Gasteiger partial charge in [0.15, 0.2) is 0 Å². The predicted octanol–water partition coefficient (Wildman–Crippen LogP) is 4.39. The van der Waals surface area contributed by atoms with Crippen molar-refractivity contribution in [3.05, 3.63) is 61.2 Å². The Morgan fingerprint density at radius 3 is 2.07 bits per heavy atom. The summed E-state index contributed by atoms with van der Waals surface area (Å²) in [7, 11) is 0. The van der Waals surface area contributed by atoms with Crippen LogP contribution in [0.1, 0.15) is 25.3 Å². The van der Waals surface area contributed by atoms with Gasteiger partial charge in [0.2, 0.25) is 0 Å². The molecule has 0 amide bonds. The van der Waals surface area contributed by atoms with Crippen LogP contribution >= 0.6 is 0 Å². The molecule has 14 heavy (non-hydrogen) atoms. The number of benzene rings is 1. The molecule has 0 atom stereocenters. The van der Waals surface area contributed by atoms with E-state index in [1.165, 1.54) is 24.8 Å². The molecule has 0 bridgehead atoms. The number of allylic oxidation sites excluding steroid dienone is 2. The van der Waals surface area contributed by atoms with E-state index in [0.29, 0.717) is 0 Å². The molecule has 0 spiro atoms. The van der Waals surface area contributed by atoms with E-state index in [1.54, 1.807) is 12.2 Å². The molecule has 0 nitrogen and oxygen atoms in total. The summed E-state index contributed by atoms with van der Waals surface area (Å²) in [5.41, 5.74) is 1.46. The van der Waals surface area contributed by atoms with Crippen molar-refractivity contribution in [2.24, 2.45) is 0 Å². The molecule has 0 N–H and O–H groups in total. The Morgan fingerprint density at radius 1 is 1.07 bits per heavy atom. The zero-order valence-electron chi connectivity index (χ0n) is 9.08. The Balaban J connectivity index is 0.000000364. The van der Waals surface area contributed by atoms with E-state index in [9.17, 15) is 0 Å². The Hall–Kier alpha value is -1.30. The van der Waals surface area contributed by atoms with Crippen molar-refractivity contribution in [2.45, 2.75) is 26.2 Å². The van der Waals surface area contributed by atoms with Gasteiger partial charge in [-0.25, -0.2) is 0 Å². The molecule has 0 radical (unpaired) electrons. The number of aryl methyl sites for hydroxylation is 1. The van der Waals surface area contributed by atoms with Crippen LogP contribution in [0.25, 0.3) is 0 Å². The third-order valence-electron chi connectivity index (χ3n) is 1.83. The highest BCUT2D eigenvalue weighted by Crippen LogP contribution is 2.03. The number of rotatable bonds is 4. The Kier molecular flexibility index (Phi) is 8.88. The highest BCUT2D eigenvalue weighted by atomic mass is 13.9. The van der Waals surface area contributed by atoms with Crippen molar-refractivity contribution in [3.63, 3.8) is 0 Å². The lowest BCUT2D eigenvalue weighted by Gasteiger charge is -1.96. The Bertz CT molecular complexity index is 227. The third-order valence-corrected chi connectivity index (χ3v) is 1.83. The maximum Gasteiger partial charge on any atom is -0.0279 e. The summed E-state index contributed by atoms with van der Waals surface area (Å²) in [6, 6.07) is 10.6. The first-order chi connectivity index (χ1) is 6.85. The average Bonchev–Trinajstić information content (AvgIpc) is 2.28. The van der Waals surface area contributed by atoms with Crippen molar-refractivity contribution in [1.82, 2.24) is 0 Å². The summed E-state index contributed by atoms with van der Waals surface area (Å²) in [5.74, 6) is 0. The minimum absolute atomic E-state index is 1.23. The molecule has 0 aromatic heterocycles. The predicted molar refractivity (Wildman–Crippen MR) is 65.4 cm³/mol. The SMILES string of the molecule is C=CC=C.CCCCc1ccccc1. The van der Waals surface area contributed by atoms with Crippen LogP contribution in [0.15, 0.2) is 55.6 Å². The topological polar surface area (TPSA) is 0 Å². The van der Waals surface area contributed by atoms with Crippen molar-refractivity contribution in [3.8, 4) is 0 Å². The highest BCUT2D eigenvalue weighted by Gasteiger charge is 1.87. The van der Waals surface area contributed by atoms with Crippen LogP contribution in [-0.2, 0) is 6.42 Å². The molecule has 1 aromatic rings. The summed E-state index contributed by atoms with van der Waals surface area (Å²) in [6.45, 7) is 8.95. The van der Waals surface area contributed by atoms with E-state index in [0.717, 1.165) is 0 Å². The maximum absolute atomic E-state index is 3.36.